The number of carbonyl (C=O) groups is 1. The van der Waals surface area contributed by atoms with E-state index < -0.39 is 0 Å². The minimum absolute atomic E-state index is 0.367. The third-order valence-corrected chi connectivity index (χ3v) is 2.79. The van der Waals surface area contributed by atoms with Crippen LogP contribution in [0.3, 0.4) is 0 Å². The molecule has 0 radical (unpaired) electrons. The number of likely N-dealkylation sites (tertiary alicyclic amines) is 1. The summed E-state index contributed by atoms with van der Waals surface area (Å²) in [6.07, 6.45) is 3.14. The average molecular weight is 183 g/mol. The molecule has 1 unspecified atom stereocenters. The van der Waals surface area contributed by atoms with E-state index in [1.807, 2.05) is 4.90 Å². The van der Waals surface area contributed by atoms with Crippen LogP contribution in [0.4, 0.5) is 0 Å². The van der Waals surface area contributed by atoms with E-state index in [1.165, 1.54) is 6.42 Å². The van der Waals surface area contributed by atoms with Crippen LogP contribution in [0, 0.1) is 11.8 Å². The third-order valence-electron chi connectivity index (χ3n) is 2.79. The molecule has 0 bridgehead atoms. The lowest BCUT2D eigenvalue weighted by Crippen LogP contribution is -2.40. The van der Waals surface area contributed by atoms with Gasteiger partial charge in [-0.15, -0.1) is 0 Å². The molecule has 1 rings (SSSR count). The van der Waals surface area contributed by atoms with Gasteiger partial charge in [-0.25, -0.2) is 0 Å². The first-order valence-electron chi connectivity index (χ1n) is 5.41. The number of amides is 1. The van der Waals surface area contributed by atoms with Gasteiger partial charge in [0, 0.05) is 19.5 Å². The summed E-state index contributed by atoms with van der Waals surface area (Å²) in [5.41, 5.74) is 0. The Balaban J connectivity index is 2.39. The van der Waals surface area contributed by atoms with Crippen molar-refractivity contribution in [1.82, 2.24) is 4.90 Å². The quantitative estimate of drug-likeness (QED) is 0.657. The monoisotopic (exact) mass is 183 g/mol. The molecule has 1 aliphatic rings. The van der Waals surface area contributed by atoms with E-state index in [-0.39, 0.29) is 0 Å². The van der Waals surface area contributed by atoms with Crippen molar-refractivity contribution in [3.8, 4) is 0 Å². The molecule has 1 amide bonds. The first kappa shape index (κ1) is 10.6. The molecule has 1 fully saturated rings. The van der Waals surface area contributed by atoms with E-state index in [9.17, 15) is 4.79 Å². The van der Waals surface area contributed by atoms with Crippen LogP contribution in [0.5, 0.6) is 0 Å². The van der Waals surface area contributed by atoms with Crippen LogP contribution in [0.25, 0.3) is 0 Å². The van der Waals surface area contributed by atoms with E-state index in [2.05, 4.69) is 20.8 Å². The normalized spacial score (nSPS) is 24.2. The van der Waals surface area contributed by atoms with Gasteiger partial charge in [-0.3, -0.25) is 4.79 Å². The maximum Gasteiger partial charge on any atom is 0.222 e. The fourth-order valence-electron chi connectivity index (χ4n) is 1.92. The number of carbonyl (C=O) groups excluding carboxylic acids is 1. The minimum Gasteiger partial charge on any atom is -0.342 e. The maximum atomic E-state index is 11.6. The molecule has 2 nitrogen and oxygen atoms in total. The van der Waals surface area contributed by atoms with Gasteiger partial charge in [-0.05, 0) is 18.3 Å². The van der Waals surface area contributed by atoms with Crippen LogP contribution >= 0.6 is 0 Å². The number of hydrogen-bond donors (Lipinski definition) is 0. The fraction of sp³-hybridized carbons (Fsp3) is 0.909. The van der Waals surface area contributed by atoms with Gasteiger partial charge in [0.1, 0.15) is 0 Å². The second-order valence-corrected chi connectivity index (χ2v) is 4.50. The van der Waals surface area contributed by atoms with Crippen LogP contribution < -0.4 is 0 Å². The average Bonchev–Trinajstić information content (AvgIpc) is 2.08. The lowest BCUT2D eigenvalue weighted by molar-refractivity contribution is -0.135. The number of hydrogen-bond acceptors (Lipinski definition) is 1. The Morgan fingerprint density at radius 1 is 1.54 bits per heavy atom. The van der Waals surface area contributed by atoms with Crippen LogP contribution in [0.1, 0.15) is 40.0 Å². The van der Waals surface area contributed by atoms with Gasteiger partial charge in [-0.1, -0.05) is 27.2 Å². The van der Waals surface area contributed by atoms with Gasteiger partial charge in [0.25, 0.3) is 0 Å². The van der Waals surface area contributed by atoms with E-state index in [0.29, 0.717) is 17.7 Å². The molecule has 1 atom stereocenters. The minimum atomic E-state index is 0.367. The maximum absolute atomic E-state index is 11.6. The van der Waals surface area contributed by atoms with E-state index in [4.69, 9.17) is 0 Å². The van der Waals surface area contributed by atoms with Crippen LogP contribution in [-0.4, -0.2) is 23.9 Å². The van der Waals surface area contributed by atoms with E-state index in [1.54, 1.807) is 0 Å². The van der Waals surface area contributed by atoms with Crippen molar-refractivity contribution in [3.63, 3.8) is 0 Å². The first-order chi connectivity index (χ1) is 6.13. The van der Waals surface area contributed by atoms with Crippen LogP contribution in [0.15, 0.2) is 0 Å². The van der Waals surface area contributed by atoms with Gasteiger partial charge in [0.15, 0.2) is 0 Å². The van der Waals surface area contributed by atoms with Crippen molar-refractivity contribution in [1.29, 1.82) is 0 Å². The molecule has 1 heterocycles. The summed E-state index contributed by atoms with van der Waals surface area (Å²) < 4.78 is 0. The number of rotatable bonds is 3. The lowest BCUT2D eigenvalue weighted by atomic mass is 9.93. The zero-order valence-corrected chi connectivity index (χ0v) is 9.05. The van der Waals surface area contributed by atoms with Crippen molar-refractivity contribution in [2.75, 3.05) is 13.1 Å². The summed E-state index contributed by atoms with van der Waals surface area (Å²) in [6, 6.07) is 0. The first-order valence-corrected chi connectivity index (χ1v) is 5.41. The second-order valence-electron chi connectivity index (χ2n) is 4.50. The van der Waals surface area contributed by atoms with Crippen molar-refractivity contribution in [2.45, 2.75) is 40.0 Å². The summed E-state index contributed by atoms with van der Waals surface area (Å²) >= 11 is 0. The smallest absolute Gasteiger partial charge is 0.222 e. The van der Waals surface area contributed by atoms with Crippen molar-refractivity contribution >= 4 is 5.91 Å². The van der Waals surface area contributed by atoms with Gasteiger partial charge in [0.05, 0.1) is 0 Å². The van der Waals surface area contributed by atoms with E-state index >= 15 is 0 Å². The Morgan fingerprint density at radius 3 is 2.69 bits per heavy atom. The summed E-state index contributed by atoms with van der Waals surface area (Å²) in [4.78, 5) is 13.6. The Kier molecular flexibility index (Phi) is 3.76. The van der Waals surface area contributed by atoms with Gasteiger partial charge in [-0.2, -0.15) is 0 Å². The predicted octanol–water partition coefficient (Wildman–Crippen LogP) is 2.29. The molecule has 13 heavy (non-hydrogen) atoms. The molecular weight excluding hydrogens is 162 g/mol. The van der Waals surface area contributed by atoms with Gasteiger partial charge >= 0.3 is 0 Å². The molecule has 0 saturated carbocycles. The van der Waals surface area contributed by atoms with Gasteiger partial charge < -0.3 is 4.90 Å². The molecule has 0 spiro atoms. The summed E-state index contributed by atoms with van der Waals surface area (Å²) in [6.45, 7) is 8.43. The largest absolute Gasteiger partial charge is 0.342 e. The molecular formula is C11H21NO. The highest BCUT2D eigenvalue weighted by atomic mass is 16.2. The molecule has 0 aromatic heterocycles. The second kappa shape index (κ2) is 4.64. The molecule has 0 aromatic rings. The summed E-state index contributed by atoms with van der Waals surface area (Å²) in [5, 5.41) is 0. The molecule has 1 aliphatic heterocycles. The standard InChI is InChI=1S/C11H21NO/c1-4-10-5-6-12(8-9(2)3)11(13)7-10/h9-10H,4-8H2,1-3H3. The fourth-order valence-corrected chi connectivity index (χ4v) is 1.92. The number of piperidine rings is 1. The highest BCUT2D eigenvalue weighted by Crippen LogP contribution is 2.21. The van der Waals surface area contributed by atoms with Crippen molar-refractivity contribution in [3.05, 3.63) is 0 Å². The third kappa shape index (κ3) is 3.02. The molecule has 0 aromatic carbocycles. The van der Waals surface area contributed by atoms with Gasteiger partial charge in [0.2, 0.25) is 5.91 Å². The Bertz CT molecular complexity index is 177. The number of nitrogens with zero attached hydrogens (tertiary/aromatic N) is 1. The Morgan fingerprint density at radius 2 is 2.23 bits per heavy atom. The highest BCUT2D eigenvalue weighted by molar-refractivity contribution is 5.77. The SMILES string of the molecule is CCC1CCN(CC(C)C)C(=O)C1. The summed E-state index contributed by atoms with van der Waals surface area (Å²) in [5.74, 6) is 1.62. The summed E-state index contributed by atoms with van der Waals surface area (Å²) in [7, 11) is 0. The molecule has 76 valence electrons. The molecule has 0 aliphatic carbocycles. The molecule has 0 N–H and O–H groups in total. The Labute approximate surface area is 81.3 Å². The van der Waals surface area contributed by atoms with Crippen LogP contribution in [-0.2, 0) is 4.79 Å². The molecule has 2 heteroatoms. The van der Waals surface area contributed by atoms with Crippen molar-refractivity contribution < 1.29 is 4.79 Å². The highest BCUT2D eigenvalue weighted by Gasteiger charge is 2.24. The zero-order valence-electron chi connectivity index (χ0n) is 9.05. The topological polar surface area (TPSA) is 20.3 Å². The zero-order chi connectivity index (χ0) is 9.84. The lowest BCUT2D eigenvalue weighted by Gasteiger charge is -2.32. The molecule has 1 saturated heterocycles. The van der Waals surface area contributed by atoms with E-state index in [0.717, 1.165) is 25.9 Å². The van der Waals surface area contributed by atoms with Crippen molar-refractivity contribution in [2.24, 2.45) is 11.8 Å². The van der Waals surface area contributed by atoms with Crippen LogP contribution in [0.2, 0.25) is 0 Å². The predicted molar refractivity (Wildman–Crippen MR) is 54.4 cm³/mol. The Hall–Kier alpha value is -0.530.